The van der Waals surface area contributed by atoms with Crippen molar-refractivity contribution in [2.45, 2.75) is 25.4 Å². The Morgan fingerprint density at radius 3 is 2.80 bits per heavy atom. The molecule has 0 aromatic heterocycles. The van der Waals surface area contributed by atoms with Gasteiger partial charge in [-0.2, -0.15) is 0 Å². The molecule has 2 rings (SSSR count). The predicted molar refractivity (Wildman–Crippen MR) is 74.9 cm³/mol. The average Bonchev–Trinajstić information content (AvgIpc) is 2.46. The van der Waals surface area contributed by atoms with Gasteiger partial charge in [-0.3, -0.25) is 10.1 Å². The van der Waals surface area contributed by atoms with Gasteiger partial charge in [-0.05, 0) is 32.0 Å². The molecule has 1 atom stereocenters. The molecule has 6 nitrogen and oxygen atoms in total. The van der Waals surface area contributed by atoms with E-state index in [9.17, 15) is 15.2 Å². The molecule has 1 N–H and O–H groups in total. The van der Waals surface area contributed by atoms with Gasteiger partial charge in [0, 0.05) is 12.6 Å². The molecule has 0 radical (unpaired) electrons. The first-order chi connectivity index (χ1) is 9.65. The highest BCUT2D eigenvalue weighted by atomic mass is 16.6. The molecular formula is C14H20N2O4. The van der Waals surface area contributed by atoms with Crippen LogP contribution in [0.1, 0.15) is 19.3 Å². The van der Waals surface area contributed by atoms with Gasteiger partial charge in [0.15, 0.2) is 0 Å². The minimum Gasteiger partial charge on any atom is -0.491 e. The zero-order chi connectivity index (χ0) is 14.4. The molecule has 1 aliphatic rings. The van der Waals surface area contributed by atoms with Gasteiger partial charge in [-0.15, -0.1) is 0 Å². The second-order valence-electron chi connectivity index (χ2n) is 5.08. The highest BCUT2D eigenvalue weighted by Crippen LogP contribution is 2.19. The summed E-state index contributed by atoms with van der Waals surface area (Å²) in [6.45, 7) is 2.79. The first-order valence-electron chi connectivity index (χ1n) is 6.93. The van der Waals surface area contributed by atoms with Crippen LogP contribution in [-0.4, -0.2) is 47.3 Å². The van der Waals surface area contributed by atoms with Gasteiger partial charge in [0.05, 0.1) is 11.0 Å². The number of aliphatic hydroxyl groups is 1. The van der Waals surface area contributed by atoms with Crippen LogP contribution in [0.4, 0.5) is 5.69 Å². The molecule has 1 saturated heterocycles. The predicted octanol–water partition coefficient (Wildman–Crippen LogP) is 1.82. The normalized spacial score (nSPS) is 17.6. The van der Waals surface area contributed by atoms with Gasteiger partial charge in [0.2, 0.25) is 0 Å². The summed E-state index contributed by atoms with van der Waals surface area (Å²) in [7, 11) is 0. The molecule has 1 aromatic carbocycles. The topological polar surface area (TPSA) is 75.8 Å². The van der Waals surface area contributed by atoms with Crippen molar-refractivity contribution in [1.82, 2.24) is 4.90 Å². The lowest BCUT2D eigenvalue weighted by atomic mass is 10.1. The zero-order valence-corrected chi connectivity index (χ0v) is 11.4. The van der Waals surface area contributed by atoms with E-state index < -0.39 is 11.0 Å². The second kappa shape index (κ2) is 7.21. The van der Waals surface area contributed by atoms with E-state index in [1.54, 1.807) is 12.1 Å². The van der Waals surface area contributed by atoms with Crippen LogP contribution >= 0.6 is 0 Å². The largest absolute Gasteiger partial charge is 0.491 e. The lowest BCUT2D eigenvalue weighted by Gasteiger charge is -2.28. The number of nitro benzene ring substituents is 1. The van der Waals surface area contributed by atoms with Crippen LogP contribution in [0.2, 0.25) is 0 Å². The molecule has 0 bridgehead atoms. The maximum absolute atomic E-state index is 10.6. The number of benzene rings is 1. The second-order valence-corrected chi connectivity index (χ2v) is 5.08. The third-order valence-corrected chi connectivity index (χ3v) is 3.39. The Labute approximate surface area is 118 Å². The Bertz CT molecular complexity index is 447. The fraction of sp³-hybridized carbons (Fsp3) is 0.571. The molecule has 1 heterocycles. The molecule has 20 heavy (non-hydrogen) atoms. The number of non-ortho nitro benzene ring substituents is 1. The van der Waals surface area contributed by atoms with E-state index in [2.05, 4.69) is 4.90 Å². The number of piperidine rings is 1. The van der Waals surface area contributed by atoms with Gasteiger partial charge in [-0.1, -0.05) is 12.5 Å². The molecule has 110 valence electrons. The lowest BCUT2D eigenvalue weighted by Crippen LogP contribution is -2.38. The number of nitrogens with zero attached hydrogens (tertiary/aromatic N) is 2. The summed E-state index contributed by atoms with van der Waals surface area (Å²) in [5.41, 5.74) is -0.00646. The summed E-state index contributed by atoms with van der Waals surface area (Å²) in [5.74, 6) is 0.414. The maximum Gasteiger partial charge on any atom is 0.273 e. The van der Waals surface area contributed by atoms with Crippen LogP contribution in [0.25, 0.3) is 0 Å². The smallest absolute Gasteiger partial charge is 0.273 e. The van der Waals surface area contributed by atoms with Crippen LogP contribution in [0.3, 0.4) is 0 Å². The fourth-order valence-corrected chi connectivity index (χ4v) is 2.37. The quantitative estimate of drug-likeness (QED) is 0.635. The monoisotopic (exact) mass is 280 g/mol. The molecule has 0 saturated carbocycles. The summed E-state index contributed by atoms with van der Waals surface area (Å²) in [4.78, 5) is 12.4. The van der Waals surface area contributed by atoms with Crippen molar-refractivity contribution in [2.75, 3.05) is 26.2 Å². The van der Waals surface area contributed by atoms with Crippen molar-refractivity contribution in [3.05, 3.63) is 34.4 Å². The summed E-state index contributed by atoms with van der Waals surface area (Å²) in [5, 5.41) is 20.6. The van der Waals surface area contributed by atoms with E-state index in [1.165, 1.54) is 31.4 Å². The van der Waals surface area contributed by atoms with Crippen molar-refractivity contribution < 1.29 is 14.8 Å². The number of ether oxygens (including phenoxy) is 1. The lowest BCUT2D eigenvalue weighted by molar-refractivity contribution is -0.384. The standard InChI is InChI=1S/C14H20N2O4/c17-13(10-15-7-2-1-3-8-15)11-20-14-6-4-5-12(9-14)16(18)19/h4-6,9,13,17H,1-3,7-8,10-11H2. The summed E-state index contributed by atoms with van der Waals surface area (Å²) in [6.07, 6.45) is 3.04. The van der Waals surface area contributed by atoms with E-state index in [4.69, 9.17) is 4.74 Å². The van der Waals surface area contributed by atoms with Gasteiger partial charge in [0.1, 0.15) is 18.5 Å². The Morgan fingerprint density at radius 1 is 1.35 bits per heavy atom. The molecule has 1 fully saturated rings. The molecule has 0 aliphatic carbocycles. The van der Waals surface area contributed by atoms with Crippen LogP contribution < -0.4 is 4.74 Å². The SMILES string of the molecule is O=[N+]([O-])c1cccc(OCC(O)CN2CCCCC2)c1. The Morgan fingerprint density at radius 2 is 2.10 bits per heavy atom. The minimum atomic E-state index is -0.577. The highest BCUT2D eigenvalue weighted by molar-refractivity contribution is 5.37. The first-order valence-corrected chi connectivity index (χ1v) is 6.93. The van der Waals surface area contributed by atoms with Crippen molar-refractivity contribution in [3.63, 3.8) is 0 Å². The van der Waals surface area contributed by atoms with Gasteiger partial charge < -0.3 is 14.7 Å². The average molecular weight is 280 g/mol. The van der Waals surface area contributed by atoms with Crippen molar-refractivity contribution in [1.29, 1.82) is 0 Å². The molecular weight excluding hydrogens is 260 g/mol. The number of aliphatic hydroxyl groups excluding tert-OH is 1. The minimum absolute atomic E-state index is 0.00646. The number of hydrogen-bond donors (Lipinski definition) is 1. The molecule has 1 aliphatic heterocycles. The summed E-state index contributed by atoms with van der Waals surface area (Å²) in [6, 6.07) is 6.01. The third-order valence-electron chi connectivity index (χ3n) is 3.39. The van der Waals surface area contributed by atoms with Crippen LogP contribution in [0.5, 0.6) is 5.75 Å². The zero-order valence-electron chi connectivity index (χ0n) is 11.4. The van der Waals surface area contributed by atoms with E-state index in [0.717, 1.165) is 13.1 Å². The summed E-state index contributed by atoms with van der Waals surface area (Å²) >= 11 is 0. The van der Waals surface area contributed by atoms with Crippen molar-refractivity contribution >= 4 is 5.69 Å². The van der Waals surface area contributed by atoms with Crippen molar-refractivity contribution in [2.24, 2.45) is 0 Å². The Balaban J connectivity index is 1.78. The molecule has 1 aromatic rings. The van der Waals surface area contributed by atoms with E-state index in [-0.39, 0.29) is 12.3 Å². The maximum atomic E-state index is 10.6. The molecule has 0 spiro atoms. The Hall–Kier alpha value is -1.66. The van der Waals surface area contributed by atoms with Crippen molar-refractivity contribution in [3.8, 4) is 5.75 Å². The Kier molecular flexibility index (Phi) is 5.31. The first kappa shape index (κ1) is 14.7. The molecule has 1 unspecified atom stereocenters. The van der Waals surface area contributed by atoms with E-state index >= 15 is 0 Å². The van der Waals surface area contributed by atoms with Crippen LogP contribution in [0, 0.1) is 10.1 Å². The van der Waals surface area contributed by atoms with Gasteiger partial charge in [-0.25, -0.2) is 0 Å². The number of likely N-dealkylation sites (tertiary alicyclic amines) is 1. The highest BCUT2D eigenvalue weighted by Gasteiger charge is 2.15. The number of rotatable bonds is 6. The molecule has 6 heteroatoms. The fourth-order valence-electron chi connectivity index (χ4n) is 2.37. The number of hydrogen-bond acceptors (Lipinski definition) is 5. The third kappa shape index (κ3) is 4.47. The number of nitro groups is 1. The van der Waals surface area contributed by atoms with Gasteiger partial charge >= 0.3 is 0 Å². The van der Waals surface area contributed by atoms with Gasteiger partial charge in [0.25, 0.3) is 5.69 Å². The number of β-amino-alcohol motifs (C(OH)–C–C–N with tert-alkyl or cyclic N) is 1. The van der Waals surface area contributed by atoms with Crippen LogP contribution in [0.15, 0.2) is 24.3 Å². The van der Waals surface area contributed by atoms with E-state index in [1.807, 2.05) is 0 Å². The molecule has 0 amide bonds. The summed E-state index contributed by atoms with van der Waals surface area (Å²) < 4.78 is 5.42. The van der Waals surface area contributed by atoms with Crippen LogP contribution in [-0.2, 0) is 0 Å². The van der Waals surface area contributed by atoms with E-state index in [0.29, 0.717) is 12.3 Å².